The van der Waals surface area contributed by atoms with Crippen LogP contribution in [0.15, 0.2) is 48.7 Å². The number of amides is 1. The average Bonchev–Trinajstić information content (AvgIpc) is 3.24. The van der Waals surface area contributed by atoms with Crippen molar-refractivity contribution in [3.63, 3.8) is 0 Å². The lowest BCUT2D eigenvalue weighted by molar-refractivity contribution is 0.0709. The Morgan fingerprint density at radius 1 is 1.15 bits per heavy atom. The average molecular weight is 364 g/mol. The quantitative estimate of drug-likeness (QED) is 0.724. The van der Waals surface area contributed by atoms with Crippen LogP contribution in [-0.2, 0) is 0 Å². The fraction of sp³-hybridized carbons (Fsp3) is 0.478. The van der Waals surface area contributed by atoms with Gasteiger partial charge in [-0.05, 0) is 63.2 Å². The molecule has 0 radical (unpaired) electrons. The van der Waals surface area contributed by atoms with Gasteiger partial charge in [-0.15, -0.1) is 0 Å². The van der Waals surface area contributed by atoms with Gasteiger partial charge < -0.3 is 9.80 Å². The summed E-state index contributed by atoms with van der Waals surface area (Å²) >= 11 is 0. The van der Waals surface area contributed by atoms with Crippen LogP contribution in [0, 0.1) is 5.92 Å². The van der Waals surface area contributed by atoms with Crippen molar-refractivity contribution >= 4 is 16.8 Å². The van der Waals surface area contributed by atoms with Gasteiger partial charge in [0.05, 0.1) is 11.1 Å². The van der Waals surface area contributed by atoms with Crippen LogP contribution < -0.4 is 0 Å². The summed E-state index contributed by atoms with van der Waals surface area (Å²) in [4.78, 5) is 22.6. The second-order valence-electron chi connectivity index (χ2n) is 7.83. The Hall–Kier alpha value is -2.20. The van der Waals surface area contributed by atoms with Crippen LogP contribution in [0.3, 0.4) is 0 Å². The number of hydrogen-bond donors (Lipinski definition) is 0. The van der Waals surface area contributed by atoms with E-state index in [9.17, 15) is 4.79 Å². The number of fused-ring (bicyclic) bond motifs is 1. The van der Waals surface area contributed by atoms with Crippen LogP contribution in [0.2, 0.25) is 0 Å². The summed E-state index contributed by atoms with van der Waals surface area (Å²) in [6.45, 7) is 4.98. The Labute approximate surface area is 161 Å². The standard InChI is InChI=1S/C23H29N3O/c27-23(21-12-6-10-20-11-7-13-24-22(20)21)26(17-16-25-14-4-5-15-25)18-19-8-2-1-3-9-19/h1-2,6-7,10-13,19H,3-5,8-9,14-18H2/t19-/m0/s1. The number of likely N-dealkylation sites (tertiary alicyclic amines) is 1. The van der Waals surface area contributed by atoms with Crippen LogP contribution in [0.25, 0.3) is 10.9 Å². The minimum atomic E-state index is 0.132. The van der Waals surface area contributed by atoms with Gasteiger partial charge in [-0.2, -0.15) is 0 Å². The highest BCUT2D eigenvalue weighted by molar-refractivity contribution is 6.05. The van der Waals surface area contributed by atoms with E-state index < -0.39 is 0 Å². The number of benzene rings is 1. The van der Waals surface area contributed by atoms with Gasteiger partial charge in [-0.3, -0.25) is 9.78 Å². The Kier molecular flexibility index (Phi) is 5.83. The molecule has 1 amide bonds. The number of nitrogens with zero attached hydrogens (tertiary/aromatic N) is 3. The maximum Gasteiger partial charge on any atom is 0.256 e. The van der Waals surface area contributed by atoms with Crippen molar-refractivity contribution in [3.05, 3.63) is 54.2 Å². The minimum absolute atomic E-state index is 0.132. The summed E-state index contributed by atoms with van der Waals surface area (Å²) in [5.41, 5.74) is 1.56. The third-order valence-corrected chi connectivity index (χ3v) is 5.89. The molecule has 0 bridgehead atoms. The van der Waals surface area contributed by atoms with E-state index in [1.54, 1.807) is 6.20 Å². The van der Waals surface area contributed by atoms with E-state index in [1.165, 1.54) is 32.4 Å². The Bertz CT molecular complexity index is 805. The topological polar surface area (TPSA) is 36.4 Å². The van der Waals surface area contributed by atoms with Crippen molar-refractivity contribution in [1.82, 2.24) is 14.8 Å². The van der Waals surface area contributed by atoms with Crippen molar-refractivity contribution in [3.8, 4) is 0 Å². The number of aromatic nitrogens is 1. The summed E-state index contributed by atoms with van der Waals surface area (Å²) in [6.07, 6.45) is 12.3. The van der Waals surface area contributed by atoms with Crippen LogP contribution >= 0.6 is 0 Å². The second kappa shape index (κ2) is 8.66. The number of rotatable bonds is 6. The first-order chi connectivity index (χ1) is 13.3. The molecule has 1 aromatic carbocycles. The van der Waals surface area contributed by atoms with E-state index in [4.69, 9.17) is 0 Å². The normalized spacial score (nSPS) is 20.2. The molecule has 1 aromatic heterocycles. The summed E-state index contributed by atoms with van der Waals surface area (Å²) in [6, 6.07) is 9.88. The predicted octanol–water partition coefficient (Wildman–Crippen LogP) is 4.13. The zero-order valence-electron chi connectivity index (χ0n) is 16.0. The molecule has 1 aliphatic heterocycles. The Morgan fingerprint density at radius 3 is 2.81 bits per heavy atom. The van der Waals surface area contributed by atoms with Crippen LogP contribution in [0.1, 0.15) is 42.5 Å². The molecule has 0 unspecified atom stereocenters. The van der Waals surface area contributed by atoms with Crippen molar-refractivity contribution in [2.45, 2.75) is 32.1 Å². The second-order valence-corrected chi connectivity index (χ2v) is 7.83. The highest BCUT2D eigenvalue weighted by Crippen LogP contribution is 2.23. The van der Waals surface area contributed by atoms with Gasteiger partial charge in [-0.1, -0.05) is 30.4 Å². The maximum absolute atomic E-state index is 13.5. The summed E-state index contributed by atoms with van der Waals surface area (Å²) in [5, 5.41) is 1.03. The van der Waals surface area contributed by atoms with E-state index in [0.717, 1.165) is 48.9 Å². The molecule has 4 nitrogen and oxygen atoms in total. The maximum atomic E-state index is 13.5. The largest absolute Gasteiger partial charge is 0.337 e. The molecule has 0 spiro atoms. The van der Waals surface area contributed by atoms with Gasteiger partial charge in [0.1, 0.15) is 0 Å². The molecular weight excluding hydrogens is 334 g/mol. The number of allylic oxidation sites excluding steroid dienone is 2. The summed E-state index contributed by atoms with van der Waals surface area (Å²) in [7, 11) is 0. The number of hydrogen-bond acceptors (Lipinski definition) is 3. The van der Waals surface area contributed by atoms with Gasteiger partial charge in [0, 0.05) is 31.2 Å². The Morgan fingerprint density at radius 2 is 2.00 bits per heavy atom. The lowest BCUT2D eigenvalue weighted by atomic mass is 9.93. The zero-order chi connectivity index (χ0) is 18.5. The number of carbonyl (C=O) groups is 1. The molecule has 4 rings (SSSR count). The molecule has 1 aliphatic carbocycles. The SMILES string of the molecule is O=C(c1cccc2cccnc12)N(CCN1CCCC1)C[C@H]1CC=CCC1. The van der Waals surface area contributed by atoms with E-state index in [1.807, 2.05) is 30.3 Å². The lowest BCUT2D eigenvalue weighted by Gasteiger charge is -2.30. The summed E-state index contributed by atoms with van der Waals surface area (Å²) in [5.74, 6) is 0.702. The first-order valence-electron chi connectivity index (χ1n) is 10.3. The van der Waals surface area contributed by atoms with Crippen LogP contribution in [0.5, 0.6) is 0 Å². The van der Waals surface area contributed by atoms with Crippen molar-refractivity contribution in [2.75, 3.05) is 32.7 Å². The minimum Gasteiger partial charge on any atom is -0.337 e. The molecule has 2 aromatic rings. The monoisotopic (exact) mass is 363 g/mol. The number of para-hydroxylation sites is 1. The van der Waals surface area contributed by atoms with E-state index >= 15 is 0 Å². The van der Waals surface area contributed by atoms with Gasteiger partial charge in [0.2, 0.25) is 0 Å². The predicted molar refractivity (Wildman–Crippen MR) is 110 cm³/mol. The molecule has 0 N–H and O–H groups in total. The molecule has 1 saturated heterocycles. The molecule has 4 heteroatoms. The highest BCUT2D eigenvalue weighted by Gasteiger charge is 2.23. The third kappa shape index (κ3) is 4.38. The number of carbonyl (C=O) groups excluding carboxylic acids is 1. The molecule has 2 heterocycles. The van der Waals surface area contributed by atoms with Crippen molar-refractivity contribution in [2.24, 2.45) is 5.92 Å². The fourth-order valence-electron chi connectivity index (χ4n) is 4.33. The highest BCUT2D eigenvalue weighted by atomic mass is 16.2. The zero-order valence-corrected chi connectivity index (χ0v) is 16.0. The van der Waals surface area contributed by atoms with E-state index in [-0.39, 0.29) is 5.91 Å². The molecule has 1 atom stereocenters. The van der Waals surface area contributed by atoms with Crippen LogP contribution in [-0.4, -0.2) is 53.4 Å². The number of pyridine rings is 1. The lowest BCUT2D eigenvalue weighted by Crippen LogP contribution is -2.41. The smallest absolute Gasteiger partial charge is 0.256 e. The molecule has 1 fully saturated rings. The molecule has 0 saturated carbocycles. The first-order valence-corrected chi connectivity index (χ1v) is 10.3. The molecule has 27 heavy (non-hydrogen) atoms. The molecule has 142 valence electrons. The first kappa shape index (κ1) is 18.2. The summed E-state index contributed by atoms with van der Waals surface area (Å²) < 4.78 is 0. The molecular formula is C23H29N3O. The third-order valence-electron chi connectivity index (χ3n) is 5.89. The van der Waals surface area contributed by atoms with Crippen molar-refractivity contribution in [1.29, 1.82) is 0 Å². The van der Waals surface area contributed by atoms with Gasteiger partial charge in [-0.25, -0.2) is 0 Å². The fourth-order valence-corrected chi connectivity index (χ4v) is 4.33. The van der Waals surface area contributed by atoms with E-state index in [0.29, 0.717) is 5.92 Å². The van der Waals surface area contributed by atoms with Gasteiger partial charge >= 0.3 is 0 Å². The van der Waals surface area contributed by atoms with Gasteiger partial charge in [0.25, 0.3) is 5.91 Å². The molecule has 2 aliphatic rings. The van der Waals surface area contributed by atoms with Gasteiger partial charge in [0.15, 0.2) is 0 Å². The van der Waals surface area contributed by atoms with E-state index in [2.05, 4.69) is 26.9 Å². The van der Waals surface area contributed by atoms with Crippen molar-refractivity contribution < 1.29 is 4.79 Å². The van der Waals surface area contributed by atoms with Crippen LogP contribution in [0.4, 0.5) is 0 Å². The Balaban J connectivity index is 1.55.